The maximum absolute atomic E-state index is 14.8. The third-order valence-corrected chi connectivity index (χ3v) is 10.9. The van der Waals surface area contributed by atoms with Gasteiger partial charge in [0.05, 0.1) is 29.2 Å². The minimum atomic E-state index is -0.920. The van der Waals surface area contributed by atoms with E-state index in [9.17, 15) is 19.5 Å². The molecule has 0 aromatic heterocycles. The van der Waals surface area contributed by atoms with Gasteiger partial charge in [0.2, 0.25) is 11.8 Å². The molecule has 4 aliphatic rings. The summed E-state index contributed by atoms with van der Waals surface area (Å²) < 4.78 is -1.55. The highest BCUT2D eigenvalue weighted by Crippen LogP contribution is 2.66. The topological polar surface area (TPSA) is 81.2 Å². The van der Waals surface area contributed by atoms with E-state index in [1.807, 2.05) is 76.8 Å². The number of thioether (sulfide) groups is 1. The summed E-state index contributed by atoms with van der Waals surface area (Å²) in [6, 6.07) is 4.62. The number of amides is 3. The van der Waals surface area contributed by atoms with Gasteiger partial charge in [0.15, 0.2) is 0 Å². The molecule has 1 spiro atoms. The van der Waals surface area contributed by atoms with E-state index in [-0.39, 0.29) is 30.2 Å². The van der Waals surface area contributed by atoms with E-state index in [0.717, 1.165) is 23.2 Å². The summed E-state index contributed by atoms with van der Waals surface area (Å²) in [5.74, 6) is -1.73. The van der Waals surface area contributed by atoms with E-state index in [4.69, 9.17) is 0 Å². The summed E-state index contributed by atoms with van der Waals surface area (Å²) in [7, 11) is 0. The van der Waals surface area contributed by atoms with Crippen LogP contribution in [0, 0.1) is 31.6 Å². The van der Waals surface area contributed by atoms with E-state index in [0.29, 0.717) is 19.6 Å². The average molecular weight is 552 g/mol. The fourth-order valence-corrected chi connectivity index (χ4v) is 9.54. The van der Waals surface area contributed by atoms with E-state index >= 15 is 0 Å². The van der Waals surface area contributed by atoms with Crippen molar-refractivity contribution in [2.45, 2.75) is 69.5 Å². The number of likely N-dealkylation sites (tertiary alicyclic amines) is 1. The van der Waals surface area contributed by atoms with Gasteiger partial charge < -0.3 is 19.8 Å². The molecule has 5 rings (SSSR count). The Kier molecular flexibility index (Phi) is 7.25. The average Bonchev–Trinajstić information content (AvgIpc) is 3.14. The Morgan fingerprint density at radius 2 is 1.67 bits per heavy atom. The first-order chi connectivity index (χ1) is 18.5. The highest BCUT2D eigenvalue weighted by Gasteiger charge is 2.74. The number of para-hydroxylation sites is 1. The number of rotatable bonds is 6. The van der Waals surface area contributed by atoms with E-state index in [2.05, 4.69) is 12.2 Å². The van der Waals surface area contributed by atoms with Crippen LogP contribution in [0.15, 0.2) is 42.5 Å². The number of carbonyl (C=O) groups is 3. The molecule has 0 bridgehead atoms. The number of aliphatic hydroxyl groups is 1. The van der Waals surface area contributed by atoms with Crippen LogP contribution >= 0.6 is 11.8 Å². The van der Waals surface area contributed by atoms with E-state index in [1.165, 1.54) is 0 Å². The molecule has 1 aromatic rings. The third-order valence-electron chi connectivity index (χ3n) is 9.10. The number of anilines is 1. The predicted molar refractivity (Wildman–Crippen MR) is 155 cm³/mol. The van der Waals surface area contributed by atoms with Gasteiger partial charge in [-0.3, -0.25) is 14.4 Å². The highest BCUT2D eigenvalue weighted by molar-refractivity contribution is 8.02. The van der Waals surface area contributed by atoms with Crippen molar-refractivity contribution in [3.8, 4) is 0 Å². The molecule has 0 radical (unpaired) electrons. The number of hydrogen-bond acceptors (Lipinski definition) is 5. The number of nitrogens with zero attached hydrogens (tertiary/aromatic N) is 3. The monoisotopic (exact) mass is 551 g/mol. The first-order valence-electron chi connectivity index (χ1n) is 14.2. The highest BCUT2D eigenvalue weighted by atomic mass is 32.2. The molecule has 39 heavy (non-hydrogen) atoms. The Hall–Kier alpha value is -2.58. The van der Waals surface area contributed by atoms with Crippen LogP contribution in [0.3, 0.4) is 0 Å². The van der Waals surface area contributed by atoms with Gasteiger partial charge in [-0.25, -0.2) is 0 Å². The molecule has 7 nitrogen and oxygen atoms in total. The van der Waals surface area contributed by atoms with Gasteiger partial charge in [-0.1, -0.05) is 63.3 Å². The lowest BCUT2D eigenvalue weighted by Gasteiger charge is -2.41. The molecule has 4 aliphatic heterocycles. The third kappa shape index (κ3) is 4.08. The van der Waals surface area contributed by atoms with Crippen molar-refractivity contribution < 1.29 is 19.5 Å². The molecule has 6 atom stereocenters. The van der Waals surface area contributed by atoms with Gasteiger partial charge in [-0.2, -0.15) is 0 Å². The lowest BCUT2D eigenvalue weighted by molar-refractivity contribution is -0.146. The Morgan fingerprint density at radius 1 is 1.00 bits per heavy atom. The first-order valence-corrected chi connectivity index (χ1v) is 15.0. The van der Waals surface area contributed by atoms with Crippen LogP contribution in [0.4, 0.5) is 5.69 Å². The number of benzene rings is 1. The zero-order chi connectivity index (χ0) is 28.3. The van der Waals surface area contributed by atoms with Gasteiger partial charge >= 0.3 is 0 Å². The number of aryl methyl sites for hydroxylation is 2. The largest absolute Gasteiger partial charge is 0.394 e. The lowest BCUT2D eigenvalue weighted by atomic mass is 9.74. The summed E-state index contributed by atoms with van der Waals surface area (Å²) >= 11 is 1.59. The molecule has 2 saturated heterocycles. The van der Waals surface area contributed by atoms with Crippen molar-refractivity contribution in [3.05, 3.63) is 53.6 Å². The summed E-state index contributed by atoms with van der Waals surface area (Å²) in [4.78, 5) is 48.8. The number of carbonyl (C=O) groups excluding carboxylic acids is 3. The van der Waals surface area contributed by atoms with Crippen LogP contribution < -0.4 is 4.90 Å². The molecule has 8 heteroatoms. The summed E-state index contributed by atoms with van der Waals surface area (Å²) in [6.07, 6.45) is 9.03. The summed E-state index contributed by atoms with van der Waals surface area (Å²) in [5, 5.41) is 10.5. The Labute approximate surface area is 236 Å². The molecular weight excluding hydrogens is 510 g/mol. The maximum atomic E-state index is 14.8. The smallest absolute Gasteiger partial charge is 0.251 e. The number of aliphatic hydroxyl groups excluding tert-OH is 1. The molecular formula is C31H41N3O4S. The van der Waals surface area contributed by atoms with Crippen LogP contribution in [-0.4, -0.2) is 80.4 Å². The molecule has 0 aliphatic carbocycles. The minimum Gasteiger partial charge on any atom is -0.394 e. The van der Waals surface area contributed by atoms with Crippen molar-refractivity contribution in [2.75, 3.05) is 31.1 Å². The van der Waals surface area contributed by atoms with E-state index < -0.39 is 33.4 Å². The predicted octanol–water partition coefficient (Wildman–Crippen LogP) is 3.72. The van der Waals surface area contributed by atoms with Crippen molar-refractivity contribution >= 4 is 35.2 Å². The van der Waals surface area contributed by atoms with Crippen LogP contribution in [0.1, 0.15) is 45.2 Å². The molecule has 1 N–H and O–H groups in total. The Bertz CT molecular complexity index is 1220. The van der Waals surface area contributed by atoms with Crippen LogP contribution in [0.2, 0.25) is 0 Å². The van der Waals surface area contributed by atoms with Gasteiger partial charge in [0.1, 0.15) is 6.04 Å². The fourth-order valence-electron chi connectivity index (χ4n) is 7.39. The van der Waals surface area contributed by atoms with Crippen LogP contribution in [-0.2, 0) is 14.4 Å². The zero-order valence-electron chi connectivity index (χ0n) is 23.9. The van der Waals surface area contributed by atoms with Gasteiger partial charge in [0.25, 0.3) is 5.91 Å². The molecule has 4 heterocycles. The van der Waals surface area contributed by atoms with Crippen LogP contribution in [0.25, 0.3) is 0 Å². The molecule has 2 fully saturated rings. The van der Waals surface area contributed by atoms with Crippen LogP contribution in [0.5, 0.6) is 0 Å². The fraction of sp³-hybridized carbons (Fsp3) is 0.581. The molecule has 210 valence electrons. The molecule has 3 amide bonds. The Balaban J connectivity index is 1.70. The second-order valence-corrected chi connectivity index (χ2v) is 13.8. The van der Waals surface area contributed by atoms with Crippen molar-refractivity contribution in [2.24, 2.45) is 17.8 Å². The van der Waals surface area contributed by atoms with Crippen molar-refractivity contribution in [3.63, 3.8) is 0 Å². The van der Waals surface area contributed by atoms with Gasteiger partial charge in [-0.05, 0) is 44.2 Å². The van der Waals surface area contributed by atoms with Gasteiger partial charge in [0, 0.05) is 30.1 Å². The summed E-state index contributed by atoms with van der Waals surface area (Å²) in [6.45, 7) is 13.3. The second-order valence-electron chi connectivity index (χ2n) is 12.0. The molecule has 0 saturated carbocycles. The molecule has 1 unspecified atom stereocenters. The Morgan fingerprint density at radius 3 is 2.28 bits per heavy atom. The number of fused-ring (bicyclic) bond motifs is 2. The standard InChI is InChI=1S/C31H41N3O4S/c1-7-15-32-16-9-13-30(6)23(27(32)36)24-28(37)34(22(18-35)19(2)3)26-29(38)33(17-10-14-31(24,26)39-30)25-20(4)11-8-12-21(25)5/h8-14,19,22-24,26,35H,7,15-18H2,1-6H3/t22-,23+,24-,26?,30-,31-/m0/s1. The lowest BCUT2D eigenvalue weighted by Crippen LogP contribution is -2.58. The quantitative estimate of drug-likeness (QED) is 0.545. The zero-order valence-corrected chi connectivity index (χ0v) is 24.7. The first kappa shape index (κ1) is 28.0. The normalized spacial score (nSPS) is 32.9. The van der Waals surface area contributed by atoms with Crippen molar-refractivity contribution in [1.82, 2.24) is 9.80 Å². The second kappa shape index (κ2) is 10.1. The minimum absolute atomic E-state index is 0.0190. The maximum Gasteiger partial charge on any atom is 0.251 e. The van der Waals surface area contributed by atoms with E-state index in [1.54, 1.807) is 21.6 Å². The van der Waals surface area contributed by atoms with Gasteiger partial charge in [-0.15, -0.1) is 11.8 Å². The SMILES string of the molecule is CCCN1CC=C[C@]2(C)S[C@]34C=CCN(c5c(C)cccc5C)C(=O)C3N([C@@H](CO)C(C)C)C(=O)[C@@H]4[C@@H]2C1=O. The van der Waals surface area contributed by atoms with Crippen molar-refractivity contribution in [1.29, 1.82) is 0 Å². The number of hydrogen-bond donors (Lipinski definition) is 1. The summed E-state index contributed by atoms with van der Waals surface area (Å²) in [5.41, 5.74) is 2.85. The molecule has 1 aromatic carbocycles.